The van der Waals surface area contributed by atoms with Gasteiger partial charge in [0.2, 0.25) is 0 Å². The number of hydrogen-bond acceptors (Lipinski definition) is 2. The number of benzene rings is 1. The third-order valence-electron chi connectivity index (χ3n) is 4.48. The lowest BCUT2D eigenvalue weighted by Gasteiger charge is -2.27. The second-order valence-electron chi connectivity index (χ2n) is 5.80. The van der Waals surface area contributed by atoms with Gasteiger partial charge in [-0.3, -0.25) is 9.69 Å². The lowest BCUT2D eigenvalue weighted by molar-refractivity contribution is -0.138. The topological polar surface area (TPSA) is 40.5 Å². The normalized spacial score (nSPS) is 17.6. The molecule has 1 aromatic rings. The molecule has 1 atom stereocenters. The van der Waals surface area contributed by atoms with Crippen molar-refractivity contribution in [2.75, 3.05) is 6.54 Å². The first-order valence-electron chi connectivity index (χ1n) is 7.67. The lowest BCUT2D eigenvalue weighted by atomic mass is 10.00. The van der Waals surface area contributed by atoms with Crippen LogP contribution in [-0.2, 0) is 11.3 Å². The zero-order chi connectivity index (χ0) is 14.5. The summed E-state index contributed by atoms with van der Waals surface area (Å²) in [5.41, 5.74) is 2.16. The highest BCUT2D eigenvalue weighted by molar-refractivity contribution is 5.75. The van der Waals surface area contributed by atoms with Crippen molar-refractivity contribution in [2.45, 2.75) is 58.0 Å². The van der Waals surface area contributed by atoms with Crippen molar-refractivity contribution in [3.8, 4) is 0 Å². The Bertz CT molecular complexity index is 435. The number of carboxylic acid groups (broad SMARTS) is 1. The SMILES string of the molecule is CCN(Cc1ccc(C(C)C(=O)O)cc1)C1CCCC1. The van der Waals surface area contributed by atoms with Gasteiger partial charge in [0.05, 0.1) is 5.92 Å². The molecule has 1 saturated carbocycles. The summed E-state index contributed by atoms with van der Waals surface area (Å²) in [6, 6.07) is 8.80. The molecule has 0 bridgehead atoms. The largest absolute Gasteiger partial charge is 0.481 e. The second-order valence-corrected chi connectivity index (χ2v) is 5.80. The van der Waals surface area contributed by atoms with Crippen LogP contribution < -0.4 is 0 Å². The quantitative estimate of drug-likeness (QED) is 0.861. The number of hydrogen-bond donors (Lipinski definition) is 1. The number of carbonyl (C=O) groups is 1. The first-order chi connectivity index (χ1) is 9.61. The Morgan fingerprint density at radius 2 is 1.90 bits per heavy atom. The molecule has 1 N–H and O–H groups in total. The zero-order valence-corrected chi connectivity index (χ0v) is 12.5. The molecule has 2 rings (SSSR count). The van der Waals surface area contributed by atoms with E-state index in [-0.39, 0.29) is 0 Å². The van der Waals surface area contributed by atoms with Crippen LogP contribution in [0.4, 0.5) is 0 Å². The van der Waals surface area contributed by atoms with E-state index in [1.165, 1.54) is 31.2 Å². The van der Waals surface area contributed by atoms with Gasteiger partial charge in [0, 0.05) is 12.6 Å². The number of nitrogens with zero attached hydrogens (tertiary/aromatic N) is 1. The minimum Gasteiger partial charge on any atom is -0.481 e. The van der Waals surface area contributed by atoms with Crippen molar-refractivity contribution in [1.82, 2.24) is 4.90 Å². The lowest BCUT2D eigenvalue weighted by Crippen LogP contribution is -2.32. The summed E-state index contributed by atoms with van der Waals surface area (Å²) in [4.78, 5) is 13.5. The molecule has 3 heteroatoms. The van der Waals surface area contributed by atoms with E-state index < -0.39 is 11.9 Å². The molecular weight excluding hydrogens is 250 g/mol. The van der Waals surface area contributed by atoms with E-state index in [9.17, 15) is 4.79 Å². The maximum atomic E-state index is 11.0. The maximum absolute atomic E-state index is 11.0. The third-order valence-corrected chi connectivity index (χ3v) is 4.48. The summed E-state index contributed by atoms with van der Waals surface area (Å²) in [7, 11) is 0. The fourth-order valence-corrected chi connectivity index (χ4v) is 3.06. The molecule has 0 aromatic heterocycles. The van der Waals surface area contributed by atoms with Gasteiger partial charge in [0.25, 0.3) is 0 Å². The van der Waals surface area contributed by atoms with Crippen molar-refractivity contribution in [3.05, 3.63) is 35.4 Å². The van der Waals surface area contributed by atoms with Gasteiger partial charge in [-0.05, 0) is 37.4 Å². The average Bonchev–Trinajstić information content (AvgIpc) is 2.98. The highest BCUT2D eigenvalue weighted by atomic mass is 16.4. The maximum Gasteiger partial charge on any atom is 0.310 e. The van der Waals surface area contributed by atoms with Crippen molar-refractivity contribution in [2.24, 2.45) is 0 Å². The summed E-state index contributed by atoms with van der Waals surface area (Å²) < 4.78 is 0. The van der Waals surface area contributed by atoms with Gasteiger partial charge in [-0.15, -0.1) is 0 Å². The van der Waals surface area contributed by atoms with Gasteiger partial charge < -0.3 is 5.11 Å². The molecule has 1 aliphatic rings. The van der Waals surface area contributed by atoms with Crippen LogP contribution in [0.1, 0.15) is 56.6 Å². The summed E-state index contributed by atoms with van der Waals surface area (Å²) in [5.74, 6) is -1.19. The monoisotopic (exact) mass is 275 g/mol. The first-order valence-corrected chi connectivity index (χ1v) is 7.67. The van der Waals surface area contributed by atoms with Crippen LogP contribution in [0.2, 0.25) is 0 Å². The van der Waals surface area contributed by atoms with Gasteiger partial charge in [-0.25, -0.2) is 0 Å². The molecular formula is C17H25NO2. The van der Waals surface area contributed by atoms with Crippen LogP contribution in [0, 0.1) is 0 Å². The molecule has 0 spiro atoms. The molecule has 1 fully saturated rings. The number of rotatable bonds is 6. The van der Waals surface area contributed by atoms with Crippen LogP contribution in [0.25, 0.3) is 0 Å². The molecule has 0 saturated heterocycles. The Kier molecular flexibility index (Phi) is 5.18. The standard InChI is InChI=1S/C17H25NO2/c1-3-18(16-6-4-5-7-16)12-14-8-10-15(11-9-14)13(2)17(19)20/h8-11,13,16H,3-7,12H2,1-2H3,(H,19,20). The highest BCUT2D eigenvalue weighted by Gasteiger charge is 2.21. The molecule has 20 heavy (non-hydrogen) atoms. The predicted molar refractivity (Wildman–Crippen MR) is 80.8 cm³/mol. The van der Waals surface area contributed by atoms with Gasteiger partial charge in [-0.2, -0.15) is 0 Å². The smallest absolute Gasteiger partial charge is 0.310 e. The van der Waals surface area contributed by atoms with E-state index in [2.05, 4.69) is 24.0 Å². The fourth-order valence-electron chi connectivity index (χ4n) is 3.06. The minimum atomic E-state index is -0.765. The first kappa shape index (κ1) is 15.0. The van der Waals surface area contributed by atoms with Crippen molar-refractivity contribution >= 4 is 5.97 Å². The molecule has 3 nitrogen and oxygen atoms in total. The van der Waals surface area contributed by atoms with Gasteiger partial charge >= 0.3 is 5.97 Å². The zero-order valence-electron chi connectivity index (χ0n) is 12.5. The second kappa shape index (κ2) is 6.89. The van der Waals surface area contributed by atoms with Crippen molar-refractivity contribution in [1.29, 1.82) is 0 Å². The molecule has 1 unspecified atom stereocenters. The number of carboxylic acids is 1. The van der Waals surface area contributed by atoms with E-state index in [0.29, 0.717) is 0 Å². The Morgan fingerprint density at radius 1 is 1.30 bits per heavy atom. The third kappa shape index (κ3) is 3.60. The Balaban J connectivity index is 2.00. The molecule has 0 aliphatic heterocycles. The van der Waals surface area contributed by atoms with Crippen LogP contribution >= 0.6 is 0 Å². The molecule has 1 aliphatic carbocycles. The summed E-state index contributed by atoms with van der Waals surface area (Å²) in [6.45, 7) is 6.01. The van der Waals surface area contributed by atoms with Gasteiger partial charge in [-0.1, -0.05) is 44.0 Å². The van der Waals surface area contributed by atoms with Crippen LogP contribution in [-0.4, -0.2) is 28.6 Å². The van der Waals surface area contributed by atoms with E-state index in [1.54, 1.807) is 6.92 Å². The molecule has 0 radical (unpaired) electrons. The van der Waals surface area contributed by atoms with E-state index in [1.807, 2.05) is 12.1 Å². The van der Waals surface area contributed by atoms with Gasteiger partial charge in [0.1, 0.15) is 0 Å². The summed E-state index contributed by atoms with van der Waals surface area (Å²) in [5, 5.41) is 9.02. The van der Waals surface area contributed by atoms with Crippen LogP contribution in [0.5, 0.6) is 0 Å². The van der Waals surface area contributed by atoms with Crippen molar-refractivity contribution < 1.29 is 9.90 Å². The molecule has 1 aromatic carbocycles. The molecule has 110 valence electrons. The highest BCUT2D eigenvalue weighted by Crippen LogP contribution is 2.25. The van der Waals surface area contributed by atoms with Crippen LogP contribution in [0.15, 0.2) is 24.3 Å². The Labute approximate surface area is 121 Å². The Morgan fingerprint density at radius 3 is 2.40 bits per heavy atom. The van der Waals surface area contributed by atoms with Crippen LogP contribution in [0.3, 0.4) is 0 Å². The molecule has 0 amide bonds. The van der Waals surface area contributed by atoms with E-state index in [0.717, 1.165) is 24.7 Å². The number of aliphatic carboxylic acids is 1. The van der Waals surface area contributed by atoms with Crippen molar-refractivity contribution in [3.63, 3.8) is 0 Å². The van der Waals surface area contributed by atoms with E-state index in [4.69, 9.17) is 5.11 Å². The van der Waals surface area contributed by atoms with E-state index >= 15 is 0 Å². The summed E-state index contributed by atoms with van der Waals surface area (Å²) in [6.07, 6.45) is 5.36. The average molecular weight is 275 g/mol. The summed E-state index contributed by atoms with van der Waals surface area (Å²) >= 11 is 0. The Hall–Kier alpha value is -1.35. The predicted octanol–water partition coefficient (Wildman–Crippen LogP) is 3.64. The molecule has 0 heterocycles. The van der Waals surface area contributed by atoms with Gasteiger partial charge in [0.15, 0.2) is 0 Å². The minimum absolute atomic E-state index is 0.429. The fraction of sp³-hybridized carbons (Fsp3) is 0.588.